The molecular weight excluding hydrogens is 460 g/mol. The number of aliphatic hydroxyl groups is 3. The van der Waals surface area contributed by atoms with Gasteiger partial charge in [-0.2, -0.15) is 0 Å². The number of carboxylic acid groups (broad SMARTS) is 1. The molecule has 0 aromatic heterocycles. The van der Waals surface area contributed by atoms with Crippen LogP contribution in [0.5, 0.6) is 0 Å². The first kappa shape index (κ1) is 30.9. The van der Waals surface area contributed by atoms with Crippen molar-refractivity contribution in [2.45, 2.75) is 76.2 Å². The zero-order chi connectivity index (χ0) is 26.6. The van der Waals surface area contributed by atoms with E-state index in [1.807, 2.05) is 0 Å². The van der Waals surface area contributed by atoms with Crippen LogP contribution in [0.4, 0.5) is 0 Å². The molecule has 0 rings (SSSR count). The van der Waals surface area contributed by atoms with Gasteiger partial charge < -0.3 is 51.6 Å². The zero-order valence-electron chi connectivity index (χ0n) is 19.0. The molecule has 0 aliphatic rings. The smallest absolute Gasteiger partial charge is 0.303 e. The lowest BCUT2D eigenvalue weighted by molar-refractivity contribution is -0.157. The third-order valence-electron chi connectivity index (χ3n) is 4.58. The predicted molar refractivity (Wildman–Crippen MR) is 113 cm³/mol. The normalized spacial score (nSPS) is 17.1. The Hall–Kier alpha value is -3.14. The second-order valence-electron chi connectivity index (χ2n) is 7.47. The van der Waals surface area contributed by atoms with E-state index in [4.69, 9.17) is 20.7 Å². The monoisotopic (exact) mass is 492 g/mol. The number of hydrogen-bond acceptors (Lipinski definition) is 10. The van der Waals surface area contributed by atoms with Crippen LogP contribution in [-0.2, 0) is 33.5 Å². The summed E-state index contributed by atoms with van der Waals surface area (Å²) in [5.41, 5.74) is 5.14. The van der Waals surface area contributed by atoms with E-state index in [1.165, 1.54) is 13.8 Å². The lowest BCUT2D eigenvalue weighted by Crippen LogP contribution is -2.57. The number of aldehydes is 1. The summed E-state index contributed by atoms with van der Waals surface area (Å²) in [5, 5.41) is 44.3. The molecule has 7 atom stereocenters. The summed E-state index contributed by atoms with van der Waals surface area (Å²) in [6.07, 6.45) is -7.22. The van der Waals surface area contributed by atoms with Gasteiger partial charge in [0, 0.05) is 13.3 Å². The zero-order valence-corrected chi connectivity index (χ0v) is 19.0. The van der Waals surface area contributed by atoms with Gasteiger partial charge in [-0.15, -0.1) is 0 Å². The van der Waals surface area contributed by atoms with Gasteiger partial charge >= 0.3 is 5.97 Å². The van der Waals surface area contributed by atoms with E-state index in [2.05, 4.69) is 16.0 Å². The fraction of sp³-hybridized carbons (Fsp3) is 0.684. The van der Waals surface area contributed by atoms with Gasteiger partial charge in [0.2, 0.25) is 23.6 Å². The molecule has 0 fully saturated rings. The molecule has 34 heavy (non-hydrogen) atoms. The maximum atomic E-state index is 12.5. The highest BCUT2D eigenvalue weighted by atomic mass is 16.5. The first-order valence-electron chi connectivity index (χ1n) is 10.2. The Kier molecular flexibility index (Phi) is 13.5. The van der Waals surface area contributed by atoms with Crippen LogP contribution in [0, 0.1) is 0 Å². The molecule has 15 nitrogen and oxygen atoms in total. The molecule has 0 bridgehead atoms. The van der Waals surface area contributed by atoms with Crippen molar-refractivity contribution in [1.29, 1.82) is 0 Å². The highest BCUT2D eigenvalue weighted by Crippen LogP contribution is 2.12. The van der Waals surface area contributed by atoms with Crippen molar-refractivity contribution in [3.8, 4) is 0 Å². The minimum Gasteiger partial charge on any atom is -0.481 e. The Balaban J connectivity index is 5.28. The second-order valence-corrected chi connectivity index (χ2v) is 7.47. The van der Waals surface area contributed by atoms with Crippen LogP contribution in [0.15, 0.2) is 0 Å². The highest BCUT2D eigenvalue weighted by Gasteiger charge is 2.37. The number of carboxylic acids is 1. The third-order valence-corrected chi connectivity index (χ3v) is 4.58. The first-order valence-corrected chi connectivity index (χ1v) is 10.2. The van der Waals surface area contributed by atoms with Crippen LogP contribution in [0.1, 0.15) is 33.6 Å². The second kappa shape index (κ2) is 14.9. The van der Waals surface area contributed by atoms with Crippen LogP contribution < -0.4 is 21.7 Å². The van der Waals surface area contributed by atoms with Crippen molar-refractivity contribution in [2.75, 3.05) is 6.61 Å². The van der Waals surface area contributed by atoms with Crippen molar-refractivity contribution in [1.82, 2.24) is 16.0 Å². The molecule has 0 aromatic rings. The quantitative estimate of drug-likeness (QED) is 0.0953. The van der Waals surface area contributed by atoms with Crippen LogP contribution in [0.3, 0.4) is 0 Å². The molecule has 0 saturated heterocycles. The van der Waals surface area contributed by atoms with Crippen molar-refractivity contribution < 1.29 is 53.9 Å². The SMILES string of the molecule is CC(=O)N[C@@H](C=O)[C@@H](O[C@H](C)C(=O)N[C@@H](C)C(=O)N[C@@H](CCC(=O)O)C(N)=O)[C@H](O)[C@H](O)CO. The van der Waals surface area contributed by atoms with Crippen LogP contribution >= 0.6 is 0 Å². The number of carbonyl (C=O) groups is 6. The Morgan fingerprint density at radius 3 is 2.06 bits per heavy atom. The molecule has 0 radical (unpaired) electrons. The van der Waals surface area contributed by atoms with E-state index in [1.54, 1.807) is 0 Å². The van der Waals surface area contributed by atoms with E-state index >= 15 is 0 Å². The maximum Gasteiger partial charge on any atom is 0.303 e. The van der Waals surface area contributed by atoms with E-state index < -0.39 is 85.2 Å². The number of ether oxygens (including phenoxy) is 1. The number of hydrogen-bond donors (Lipinski definition) is 8. The fourth-order valence-corrected chi connectivity index (χ4v) is 2.68. The van der Waals surface area contributed by atoms with Crippen molar-refractivity contribution in [3.05, 3.63) is 0 Å². The van der Waals surface area contributed by atoms with E-state index in [-0.39, 0.29) is 12.7 Å². The number of nitrogens with two attached hydrogens (primary N) is 1. The Labute approximate surface area is 195 Å². The molecular formula is C19H32N4O11. The Bertz CT molecular complexity index is 748. The predicted octanol–water partition coefficient (Wildman–Crippen LogP) is -4.48. The summed E-state index contributed by atoms with van der Waals surface area (Å²) >= 11 is 0. The van der Waals surface area contributed by atoms with Crippen LogP contribution in [-0.4, -0.2) is 105 Å². The van der Waals surface area contributed by atoms with Gasteiger partial charge in [0.1, 0.15) is 48.8 Å². The minimum atomic E-state index is -1.88. The fourth-order valence-electron chi connectivity index (χ4n) is 2.68. The largest absolute Gasteiger partial charge is 0.481 e. The van der Waals surface area contributed by atoms with Crippen LogP contribution in [0.25, 0.3) is 0 Å². The summed E-state index contributed by atoms with van der Waals surface area (Å²) in [4.78, 5) is 69.6. The van der Waals surface area contributed by atoms with Crippen molar-refractivity contribution in [2.24, 2.45) is 5.73 Å². The Morgan fingerprint density at radius 2 is 1.62 bits per heavy atom. The number of amides is 4. The molecule has 0 aliphatic carbocycles. The molecule has 0 spiro atoms. The van der Waals surface area contributed by atoms with Gasteiger partial charge in [-0.05, 0) is 20.3 Å². The number of aliphatic carboxylic acids is 1. The van der Waals surface area contributed by atoms with Crippen molar-refractivity contribution >= 4 is 35.9 Å². The third kappa shape index (κ3) is 10.7. The average molecular weight is 492 g/mol. The van der Waals surface area contributed by atoms with Gasteiger partial charge in [-0.3, -0.25) is 24.0 Å². The standard InChI is InChI=1S/C19H32N4O11/c1-8(18(32)23-11(17(20)31)4-5-14(28)29)21-19(33)9(2)34-16(15(30)13(27)7-25)12(6-24)22-10(3)26/h6,8-9,11-13,15-16,25,27,30H,4-5,7H2,1-3H3,(H2,20,31)(H,21,33)(H,22,26)(H,23,32)(H,28,29)/t8-,9+,11-,12-,13+,15+,16+/m0/s1. The van der Waals surface area contributed by atoms with Crippen LogP contribution in [0.2, 0.25) is 0 Å². The van der Waals surface area contributed by atoms with E-state index in [9.17, 15) is 39.0 Å². The summed E-state index contributed by atoms with van der Waals surface area (Å²) < 4.78 is 5.37. The highest BCUT2D eigenvalue weighted by molar-refractivity contribution is 5.92. The molecule has 0 aliphatic heterocycles. The molecule has 9 N–H and O–H groups in total. The average Bonchev–Trinajstić information content (AvgIpc) is 2.76. The van der Waals surface area contributed by atoms with E-state index in [0.717, 1.165) is 6.92 Å². The summed E-state index contributed by atoms with van der Waals surface area (Å²) in [7, 11) is 0. The topological polar surface area (TPSA) is 255 Å². The maximum absolute atomic E-state index is 12.5. The summed E-state index contributed by atoms with van der Waals surface area (Å²) in [6.45, 7) is 2.62. The lowest BCUT2D eigenvalue weighted by Gasteiger charge is -2.32. The van der Waals surface area contributed by atoms with Gasteiger partial charge in [-0.1, -0.05) is 0 Å². The number of aliphatic hydroxyl groups excluding tert-OH is 3. The molecule has 0 saturated carbocycles. The van der Waals surface area contributed by atoms with E-state index in [0.29, 0.717) is 0 Å². The number of rotatable bonds is 16. The minimum absolute atomic E-state index is 0.209. The lowest BCUT2D eigenvalue weighted by atomic mass is 10.0. The number of carbonyl (C=O) groups excluding carboxylic acids is 5. The molecule has 0 heterocycles. The number of primary amides is 1. The molecule has 194 valence electrons. The molecule has 4 amide bonds. The summed E-state index contributed by atoms with van der Waals surface area (Å²) in [5.74, 6) is -4.62. The molecule has 15 heteroatoms. The molecule has 0 aromatic carbocycles. The van der Waals surface area contributed by atoms with Crippen molar-refractivity contribution in [3.63, 3.8) is 0 Å². The summed E-state index contributed by atoms with van der Waals surface area (Å²) in [6, 6.07) is -4.02. The van der Waals surface area contributed by atoms with Gasteiger partial charge in [-0.25, -0.2) is 0 Å². The van der Waals surface area contributed by atoms with Gasteiger partial charge in [0.15, 0.2) is 0 Å². The first-order chi connectivity index (χ1) is 15.7. The van der Waals surface area contributed by atoms with Gasteiger partial charge in [0.25, 0.3) is 0 Å². The van der Waals surface area contributed by atoms with Gasteiger partial charge in [0.05, 0.1) is 6.61 Å². The Morgan fingerprint density at radius 1 is 1.03 bits per heavy atom. The number of nitrogens with one attached hydrogen (secondary N) is 3. The molecule has 0 unspecified atom stereocenters.